The van der Waals surface area contributed by atoms with Crippen molar-refractivity contribution in [3.63, 3.8) is 0 Å². The van der Waals surface area contributed by atoms with Gasteiger partial charge in [0.15, 0.2) is 0 Å². The fraction of sp³-hybridized carbons (Fsp3) is 0.500. The summed E-state index contributed by atoms with van der Waals surface area (Å²) in [5.74, 6) is -5.82. The van der Waals surface area contributed by atoms with E-state index in [0.29, 0.717) is 9.80 Å². The van der Waals surface area contributed by atoms with Gasteiger partial charge in [0, 0.05) is 14.1 Å². The van der Waals surface area contributed by atoms with E-state index in [-0.39, 0.29) is 0 Å². The SMILES string of the molecule is CN1C(=O)N(C)C(=O)C(O)(O)C1=O. The Hall–Kier alpha value is -1.47. The minimum absolute atomic E-state index is 0.460. The maximum Gasteiger partial charge on any atom is 0.333 e. The predicted molar refractivity (Wildman–Crippen MR) is 38.1 cm³/mol. The Morgan fingerprint density at radius 1 is 1.00 bits per heavy atom. The Balaban J connectivity index is 3.15. The molecule has 7 heteroatoms. The Bertz CT molecular complexity index is 271. The Morgan fingerprint density at radius 2 is 1.31 bits per heavy atom. The Kier molecular flexibility index (Phi) is 1.85. The number of amides is 4. The number of carbonyl (C=O) groups is 3. The molecule has 1 heterocycles. The van der Waals surface area contributed by atoms with E-state index in [2.05, 4.69) is 0 Å². The van der Waals surface area contributed by atoms with Gasteiger partial charge in [-0.25, -0.2) is 4.79 Å². The second kappa shape index (κ2) is 2.51. The monoisotopic (exact) mass is 188 g/mol. The fourth-order valence-electron chi connectivity index (χ4n) is 0.958. The lowest BCUT2D eigenvalue weighted by Gasteiger charge is -2.34. The molecule has 0 aromatic heterocycles. The summed E-state index contributed by atoms with van der Waals surface area (Å²) in [6, 6.07) is -0.895. The van der Waals surface area contributed by atoms with Crippen LogP contribution in [-0.4, -0.2) is 57.7 Å². The largest absolute Gasteiger partial charge is 0.351 e. The van der Waals surface area contributed by atoms with Crippen LogP contribution in [-0.2, 0) is 9.59 Å². The molecule has 0 aromatic carbocycles. The molecule has 1 aliphatic rings. The molecule has 0 bridgehead atoms. The average molecular weight is 188 g/mol. The van der Waals surface area contributed by atoms with Crippen LogP contribution in [0, 0.1) is 0 Å². The lowest BCUT2D eigenvalue weighted by atomic mass is 10.2. The number of carbonyl (C=O) groups excluding carboxylic acids is 3. The summed E-state index contributed by atoms with van der Waals surface area (Å²) >= 11 is 0. The van der Waals surface area contributed by atoms with Gasteiger partial charge in [-0.3, -0.25) is 19.4 Å². The van der Waals surface area contributed by atoms with E-state index < -0.39 is 23.6 Å². The van der Waals surface area contributed by atoms with Crippen LogP contribution in [0.25, 0.3) is 0 Å². The molecule has 0 radical (unpaired) electrons. The lowest BCUT2D eigenvalue weighted by Crippen LogP contribution is -2.67. The summed E-state index contributed by atoms with van der Waals surface area (Å²) in [5.41, 5.74) is 0. The van der Waals surface area contributed by atoms with E-state index in [1.54, 1.807) is 0 Å². The maximum atomic E-state index is 11.0. The van der Waals surface area contributed by atoms with Crippen LogP contribution in [0.3, 0.4) is 0 Å². The summed E-state index contributed by atoms with van der Waals surface area (Å²) in [5, 5.41) is 18.0. The zero-order valence-electron chi connectivity index (χ0n) is 7.01. The molecule has 0 unspecified atom stereocenters. The van der Waals surface area contributed by atoms with Gasteiger partial charge >= 0.3 is 23.6 Å². The van der Waals surface area contributed by atoms with Crippen molar-refractivity contribution in [3.8, 4) is 0 Å². The molecule has 0 atom stereocenters. The third-order valence-electron chi connectivity index (χ3n) is 1.78. The molecule has 1 rings (SSSR count). The molecule has 1 aliphatic heterocycles. The number of rotatable bonds is 0. The van der Waals surface area contributed by atoms with Crippen molar-refractivity contribution in [1.82, 2.24) is 9.80 Å². The number of hydrogen-bond donors (Lipinski definition) is 2. The smallest absolute Gasteiger partial charge is 0.333 e. The highest BCUT2D eigenvalue weighted by atomic mass is 16.5. The number of aliphatic hydroxyl groups is 2. The van der Waals surface area contributed by atoms with Crippen molar-refractivity contribution in [3.05, 3.63) is 0 Å². The highest BCUT2D eigenvalue weighted by Gasteiger charge is 2.53. The van der Waals surface area contributed by atoms with Gasteiger partial charge in [0.1, 0.15) is 0 Å². The van der Waals surface area contributed by atoms with Gasteiger partial charge in [-0.05, 0) is 0 Å². The normalized spacial score (nSPS) is 22.6. The molecule has 0 spiro atoms. The molecule has 13 heavy (non-hydrogen) atoms. The second-order valence-electron chi connectivity index (χ2n) is 2.68. The third-order valence-corrected chi connectivity index (χ3v) is 1.78. The predicted octanol–water partition coefficient (Wildman–Crippen LogP) is -2.28. The van der Waals surface area contributed by atoms with Crippen molar-refractivity contribution >= 4 is 17.8 Å². The molecule has 0 aliphatic carbocycles. The zero-order chi connectivity index (χ0) is 10.4. The van der Waals surface area contributed by atoms with Crippen LogP contribution in [0.4, 0.5) is 4.79 Å². The average Bonchev–Trinajstić information content (AvgIpc) is 2.09. The van der Waals surface area contributed by atoms with Crippen molar-refractivity contribution in [2.75, 3.05) is 14.1 Å². The van der Waals surface area contributed by atoms with Gasteiger partial charge in [0.05, 0.1) is 0 Å². The number of urea groups is 1. The number of barbiturate groups is 1. The van der Waals surface area contributed by atoms with Crippen molar-refractivity contribution in [2.24, 2.45) is 0 Å². The van der Waals surface area contributed by atoms with E-state index in [9.17, 15) is 14.4 Å². The minimum Gasteiger partial charge on any atom is -0.351 e. The molecule has 0 saturated carbocycles. The lowest BCUT2D eigenvalue weighted by molar-refractivity contribution is -0.207. The van der Waals surface area contributed by atoms with Crippen LogP contribution in [0.2, 0.25) is 0 Å². The third kappa shape index (κ3) is 1.09. The molecule has 0 aromatic rings. The minimum atomic E-state index is -3.13. The summed E-state index contributed by atoms with van der Waals surface area (Å²) in [4.78, 5) is 33.9. The highest BCUT2D eigenvalue weighted by molar-refractivity contribution is 6.19. The first kappa shape index (κ1) is 9.62. The quantitative estimate of drug-likeness (QED) is 0.329. The topological polar surface area (TPSA) is 98.2 Å². The molecule has 2 N–H and O–H groups in total. The van der Waals surface area contributed by atoms with E-state index in [0.717, 1.165) is 14.1 Å². The first-order valence-corrected chi connectivity index (χ1v) is 3.35. The molecule has 7 nitrogen and oxygen atoms in total. The van der Waals surface area contributed by atoms with Crippen LogP contribution < -0.4 is 0 Å². The van der Waals surface area contributed by atoms with Gasteiger partial charge in [0.25, 0.3) is 0 Å². The van der Waals surface area contributed by atoms with Crippen LogP contribution in [0.5, 0.6) is 0 Å². The van der Waals surface area contributed by atoms with E-state index in [1.807, 2.05) is 0 Å². The molecular weight excluding hydrogens is 180 g/mol. The van der Waals surface area contributed by atoms with Crippen LogP contribution in [0.1, 0.15) is 0 Å². The summed E-state index contributed by atoms with van der Waals surface area (Å²) in [7, 11) is 2.10. The van der Waals surface area contributed by atoms with Crippen molar-refractivity contribution in [1.29, 1.82) is 0 Å². The highest BCUT2D eigenvalue weighted by Crippen LogP contribution is 2.16. The fourth-order valence-corrected chi connectivity index (χ4v) is 0.958. The van der Waals surface area contributed by atoms with Crippen LogP contribution >= 0.6 is 0 Å². The second-order valence-corrected chi connectivity index (χ2v) is 2.68. The summed E-state index contributed by atoms with van der Waals surface area (Å²) < 4.78 is 0. The van der Waals surface area contributed by atoms with Gasteiger partial charge in [0.2, 0.25) is 0 Å². The number of likely N-dealkylation sites (N-methyl/N-ethyl adjacent to an activating group) is 2. The van der Waals surface area contributed by atoms with Crippen molar-refractivity contribution in [2.45, 2.75) is 5.79 Å². The summed E-state index contributed by atoms with van der Waals surface area (Å²) in [6.07, 6.45) is 0. The number of imide groups is 2. The molecular formula is C6H8N2O5. The Labute approximate surface area is 73.2 Å². The maximum absolute atomic E-state index is 11.0. The number of nitrogens with zero attached hydrogens (tertiary/aromatic N) is 2. The standard InChI is InChI=1S/C6H8N2O5/c1-7-3(9)6(12,13)4(10)8(2)5(7)11/h12-13H,1-2H3. The van der Waals surface area contributed by atoms with E-state index >= 15 is 0 Å². The zero-order valence-corrected chi connectivity index (χ0v) is 7.01. The summed E-state index contributed by atoms with van der Waals surface area (Å²) in [6.45, 7) is 0. The van der Waals surface area contributed by atoms with E-state index in [4.69, 9.17) is 10.2 Å². The first-order valence-electron chi connectivity index (χ1n) is 3.35. The van der Waals surface area contributed by atoms with Crippen molar-refractivity contribution < 1.29 is 24.6 Å². The molecule has 1 fully saturated rings. The van der Waals surface area contributed by atoms with Crippen LogP contribution in [0.15, 0.2) is 0 Å². The van der Waals surface area contributed by atoms with E-state index in [1.165, 1.54) is 0 Å². The van der Waals surface area contributed by atoms with Gasteiger partial charge in [-0.15, -0.1) is 0 Å². The van der Waals surface area contributed by atoms with Gasteiger partial charge in [-0.2, -0.15) is 0 Å². The number of hydrogen-bond acceptors (Lipinski definition) is 5. The first-order chi connectivity index (χ1) is 5.80. The molecule has 72 valence electrons. The van der Waals surface area contributed by atoms with Gasteiger partial charge in [-0.1, -0.05) is 0 Å². The Morgan fingerprint density at radius 3 is 1.62 bits per heavy atom. The molecule has 1 saturated heterocycles. The van der Waals surface area contributed by atoms with Gasteiger partial charge < -0.3 is 10.2 Å². The molecule has 4 amide bonds.